The van der Waals surface area contributed by atoms with Gasteiger partial charge in [0, 0.05) is 11.6 Å². The first-order valence-electron chi connectivity index (χ1n) is 8.12. The van der Waals surface area contributed by atoms with E-state index in [4.69, 9.17) is 17.4 Å². The minimum absolute atomic E-state index is 0.0377. The number of nitrogens with two attached hydrogens (primary N) is 1. The molecule has 134 valence electrons. The van der Waals surface area contributed by atoms with Crippen molar-refractivity contribution >= 4 is 35.0 Å². The molecule has 1 aliphatic rings. The van der Waals surface area contributed by atoms with Crippen molar-refractivity contribution in [2.45, 2.75) is 43.2 Å². The summed E-state index contributed by atoms with van der Waals surface area (Å²) < 4.78 is 14.6. The van der Waals surface area contributed by atoms with Crippen molar-refractivity contribution in [3.63, 3.8) is 0 Å². The summed E-state index contributed by atoms with van der Waals surface area (Å²) in [6.07, 6.45) is 5.77. The molecule has 1 amide bonds. The molecule has 2 aromatic rings. The molecule has 0 spiro atoms. The van der Waals surface area contributed by atoms with Crippen LogP contribution in [-0.4, -0.2) is 26.5 Å². The summed E-state index contributed by atoms with van der Waals surface area (Å²) in [5.41, 5.74) is 0.439. The van der Waals surface area contributed by atoms with E-state index in [1.54, 1.807) is 0 Å². The quantitative estimate of drug-likeness (QED) is 0.609. The van der Waals surface area contributed by atoms with Gasteiger partial charge in [-0.3, -0.25) is 4.79 Å². The number of rotatable bonds is 5. The van der Waals surface area contributed by atoms with Crippen molar-refractivity contribution < 1.29 is 9.18 Å². The van der Waals surface area contributed by atoms with Gasteiger partial charge < -0.3 is 11.2 Å². The van der Waals surface area contributed by atoms with Gasteiger partial charge in [0.1, 0.15) is 5.82 Å². The minimum Gasteiger partial charge on any atom is -0.336 e. The fraction of sp³-hybridized carbons (Fsp3) is 0.438. The van der Waals surface area contributed by atoms with Gasteiger partial charge in [0.2, 0.25) is 11.1 Å². The summed E-state index contributed by atoms with van der Waals surface area (Å²) >= 11 is 6.91. The summed E-state index contributed by atoms with van der Waals surface area (Å²) in [4.78, 5) is 12.0. The number of nitrogens with one attached hydrogen (secondary N) is 1. The number of halogens is 2. The highest BCUT2D eigenvalue weighted by molar-refractivity contribution is 7.99. The molecule has 1 saturated carbocycles. The second-order valence-corrected chi connectivity index (χ2v) is 7.36. The molecule has 1 fully saturated rings. The van der Waals surface area contributed by atoms with E-state index in [2.05, 4.69) is 15.5 Å². The predicted octanol–water partition coefficient (Wildman–Crippen LogP) is 3.56. The molecule has 0 unspecified atom stereocenters. The van der Waals surface area contributed by atoms with Gasteiger partial charge in [-0.25, -0.2) is 9.07 Å². The number of carbonyl (C=O) groups excluding carboxylic acids is 1. The van der Waals surface area contributed by atoms with Crippen molar-refractivity contribution in [3.8, 4) is 0 Å². The van der Waals surface area contributed by atoms with Crippen LogP contribution in [0.3, 0.4) is 0 Å². The third kappa shape index (κ3) is 4.43. The maximum atomic E-state index is 13.1. The number of thioether (sulfide) groups is 1. The Labute approximate surface area is 154 Å². The van der Waals surface area contributed by atoms with Crippen LogP contribution in [0, 0.1) is 5.82 Å². The number of hydrogen-bond donors (Lipinski definition) is 2. The van der Waals surface area contributed by atoms with Crippen molar-refractivity contribution in [3.05, 3.63) is 34.9 Å². The highest BCUT2D eigenvalue weighted by Gasteiger charge is 2.22. The third-order valence-corrected chi connectivity index (χ3v) is 5.43. The lowest BCUT2D eigenvalue weighted by Gasteiger charge is -2.20. The van der Waals surface area contributed by atoms with Crippen LogP contribution in [0.15, 0.2) is 23.4 Å². The molecule has 0 atom stereocenters. The lowest BCUT2D eigenvalue weighted by Crippen LogP contribution is -2.19. The normalized spacial score (nSPS) is 15.3. The number of carbonyl (C=O) groups is 1. The lowest BCUT2D eigenvalue weighted by molar-refractivity contribution is -0.113. The van der Waals surface area contributed by atoms with Gasteiger partial charge in [0.25, 0.3) is 0 Å². The summed E-state index contributed by atoms with van der Waals surface area (Å²) in [6, 6.07) is 4.03. The Kier molecular flexibility index (Phi) is 5.80. The maximum absolute atomic E-state index is 13.1. The monoisotopic (exact) mass is 383 g/mol. The molecule has 3 rings (SSSR count). The Morgan fingerprint density at radius 1 is 1.36 bits per heavy atom. The molecule has 3 N–H and O–H groups in total. The molecule has 0 aliphatic heterocycles. The fourth-order valence-electron chi connectivity index (χ4n) is 2.93. The average molecular weight is 384 g/mol. The molecule has 25 heavy (non-hydrogen) atoms. The Morgan fingerprint density at radius 2 is 2.12 bits per heavy atom. The molecule has 1 aliphatic carbocycles. The van der Waals surface area contributed by atoms with E-state index in [1.165, 1.54) is 53.9 Å². The second kappa shape index (κ2) is 8.05. The summed E-state index contributed by atoms with van der Waals surface area (Å²) in [6.45, 7) is 0. The number of aromatic nitrogens is 3. The highest BCUT2D eigenvalue weighted by atomic mass is 35.5. The van der Waals surface area contributed by atoms with E-state index < -0.39 is 5.82 Å². The van der Waals surface area contributed by atoms with Crippen LogP contribution in [0.1, 0.15) is 43.8 Å². The first kappa shape index (κ1) is 18.0. The van der Waals surface area contributed by atoms with Gasteiger partial charge >= 0.3 is 0 Å². The highest BCUT2D eigenvalue weighted by Crippen LogP contribution is 2.32. The van der Waals surface area contributed by atoms with E-state index in [1.807, 2.05) is 0 Å². The van der Waals surface area contributed by atoms with E-state index >= 15 is 0 Å². The minimum atomic E-state index is -0.527. The van der Waals surface area contributed by atoms with Gasteiger partial charge in [-0.15, -0.1) is 10.2 Å². The van der Waals surface area contributed by atoms with E-state index in [0.29, 0.717) is 16.8 Å². The van der Waals surface area contributed by atoms with Gasteiger partial charge in [0.15, 0.2) is 5.82 Å². The molecule has 1 aromatic heterocycles. The van der Waals surface area contributed by atoms with E-state index in [9.17, 15) is 9.18 Å². The number of amides is 1. The Bertz CT molecular complexity index is 763. The summed E-state index contributed by atoms with van der Waals surface area (Å²) in [7, 11) is 0. The van der Waals surface area contributed by atoms with Crippen LogP contribution >= 0.6 is 23.4 Å². The van der Waals surface area contributed by atoms with Crippen LogP contribution in [0.25, 0.3) is 0 Å². The van der Waals surface area contributed by atoms with E-state index in [0.717, 1.165) is 18.7 Å². The lowest BCUT2D eigenvalue weighted by atomic mass is 9.89. The van der Waals surface area contributed by atoms with Crippen molar-refractivity contribution in [1.82, 2.24) is 14.9 Å². The zero-order valence-electron chi connectivity index (χ0n) is 13.5. The van der Waals surface area contributed by atoms with Crippen LogP contribution in [0.5, 0.6) is 0 Å². The second-order valence-electron chi connectivity index (χ2n) is 6.01. The average Bonchev–Trinajstić information content (AvgIpc) is 2.98. The van der Waals surface area contributed by atoms with Crippen LogP contribution in [-0.2, 0) is 4.79 Å². The standard InChI is InChI=1S/C16H19ClFN5OS/c17-12-8-11(6-7-13(12)18)20-14(24)9-25-16-22-21-15(23(16)19)10-4-2-1-3-5-10/h6-8,10H,1-5,9,19H2,(H,20,24). The summed E-state index contributed by atoms with van der Waals surface area (Å²) in [5, 5.41) is 11.4. The topological polar surface area (TPSA) is 85.8 Å². The number of anilines is 1. The van der Waals surface area contributed by atoms with Crippen LogP contribution in [0.2, 0.25) is 5.02 Å². The first-order valence-corrected chi connectivity index (χ1v) is 9.49. The van der Waals surface area contributed by atoms with Gasteiger partial charge in [0.05, 0.1) is 10.8 Å². The fourth-order valence-corrected chi connectivity index (χ4v) is 3.77. The number of benzene rings is 1. The largest absolute Gasteiger partial charge is 0.336 e. The first-order chi connectivity index (χ1) is 12.0. The molecule has 0 bridgehead atoms. The number of nitrogens with zero attached hydrogens (tertiary/aromatic N) is 3. The SMILES string of the molecule is Nn1c(SCC(=O)Nc2ccc(F)c(Cl)c2)nnc1C1CCCCC1. The molecular weight excluding hydrogens is 365 g/mol. The molecule has 9 heteroatoms. The van der Waals surface area contributed by atoms with Crippen molar-refractivity contribution in [2.24, 2.45) is 0 Å². The third-order valence-electron chi connectivity index (χ3n) is 4.20. The smallest absolute Gasteiger partial charge is 0.234 e. The molecule has 0 saturated heterocycles. The summed E-state index contributed by atoms with van der Waals surface area (Å²) in [5.74, 6) is 6.56. The van der Waals surface area contributed by atoms with Gasteiger partial charge in [-0.2, -0.15) is 0 Å². The molecule has 0 radical (unpaired) electrons. The maximum Gasteiger partial charge on any atom is 0.234 e. The number of nitrogen functional groups attached to an aromatic ring is 1. The van der Waals surface area contributed by atoms with Crippen LogP contribution < -0.4 is 11.2 Å². The predicted molar refractivity (Wildman–Crippen MR) is 96.8 cm³/mol. The van der Waals surface area contributed by atoms with Crippen molar-refractivity contribution in [1.29, 1.82) is 0 Å². The Morgan fingerprint density at radius 3 is 2.84 bits per heavy atom. The van der Waals surface area contributed by atoms with Gasteiger partial charge in [-0.1, -0.05) is 42.6 Å². The van der Waals surface area contributed by atoms with Crippen LogP contribution in [0.4, 0.5) is 10.1 Å². The van der Waals surface area contributed by atoms with E-state index in [-0.39, 0.29) is 16.7 Å². The zero-order valence-corrected chi connectivity index (χ0v) is 15.1. The molecule has 6 nitrogen and oxygen atoms in total. The molecular formula is C16H19ClFN5OS. The van der Waals surface area contributed by atoms with Crippen molar-refractivity contribution in [2.75, 3.05) is 16.9 Å². The van der Waals surface area contributed by atoms with Gasteiger partial charge in [-0.05, 0) is 31.0 Å². The zero-order chi connectivity index (χ0) is 17.8. The Hall–Kier alpha value is -1.80. The Balaban J connectivity index is 1.56. The molecule has 1 heterocycles. The molecule has 1 aromatic carbocycles. The number of hydrogen-bond acceptors (Lipinski definition) is 5.